The van der Waals surface area contributed by atoms with Crippen molar-refractivity contribution in [1.82, 2.24) is 24.9 Å². The SMILES string of the molecule is CC(=O)Oc1ccccc1Cn1nc(-c2ncccn2)cc1-c1ccon1. The summed E-state index contributed by atoms with van der Waals surface area (Å²) < 4.78 is 12.0. The van der Waals surface area contributed by atoms with Gasteiger partial charge in [0.2, 0.25) is 0 Å². The second kappa shape index (κ2) is 7.20. The molecule has 0 saturated carbocycles. The molecular weight excluding hydrogens is 346 g/mol. The predicted octanol–water partition coefficient (Wildman–Crippen LogP) is 2.97. The Kier molecular flexibility index (Phi) is 4.44. The van der Waals surface area contributed by atoms with Crippen molar-refractivity contribution in [3.8, 4) is 28.7 Å². The summed E-state index contributed by atoms with van der Waals surface area (Å²) in [6, 6.07) is 12.7. The number of aromatic nitrogens is 5. The molecule has 0 aliphatic heterocycles. The summed E-state index contributed by atoms with van der Waals surface area (Å²) in [6.07, 6.45) is 4.82. The van der Waals surface area contributed by atoms with E-state index in [0.717, 1.165) is 11.3 Å². The Morgan fingerprint density at radius 1 is 1.11 bits per heavy atom. The molecule has 0 fully saturated rings. The zero-order chi connectivity index (χ0) is 18.6. The number of rotatable bonds is 5. The lowest BCUT2D eigenvalue weighted by Crippen LogP contribution is -2.08. The zero-order valence-corrected chi connectivity index (χ0v) is 14.4. The molecule has 27 heavy (non-hydrogen) atoms. The number of para-hydroxylation sites is 1. The second-order valence-electron chi connectivity index (χ2n) is 5.73. The third-order valence-electron chi connectivity index (χ3n) is 3.82. The summed E-state index contributed by atoms with van der Waals surface area (Å²) in [5.74, 6) is 0.622. The van der Waals surface area contributed by atoms with Crippen molar-refractivity contribution in [2.45, 2.75) is 13.5 Å². The molecule has 0 saturated heterocycles. The number of nitrogens with zero attached hydrogens (tertiary/aromatic N) is 5. The minimum atomic E-state index is -0.377. The molecule has 0 unspecified atom stereocenters. The molecule has 0 radical (unpaired) electrons. The van der Waals surface area contributed by atoms with Crippen LogP contribution in [0.4, 0.5) is 0 Å². The molecule has 4 aromatic rings. The van der Waals surface area contributed by atoms with Crippen LogP contribution in [0.5, 0.6) is 5.75 Å². The van der Waals surface area contributed by atoms with Crippen LogP contribution < -0.4 is 4.74 Å². The van der Waals surface area contributed by atoms with E-state index in [1.165, 1.54) is 13.2 Å². The number of ether oxygens (including phenoxy) is 1. The summed E-state index contributed by atoms with van der Waals surface area (Å²) >= 11 is 0. The van der Waals surface area contributed by atoms with Crippen LogP contribution in [0.1, 0.15) is 12.5 Å². The van der Waals surface area contributed by atoms with Gasteiger partial charge in [0.05, 0.1) is 12.2 Å². The number of carbonyl (C=O) groups is 1. The first kappa shape index (κ1) is 16.6. The van der Waals surface area contributed by atoms with E-state index in [9.17, 15) is 4.79 Å². The van der Waals surface area contributed by atoms with Crippen molar-refractivity contribution in [2.24, 2.45) is 0 Å². The summed E-state index contributed by atoms with van der Waals surface area (Å²) in [6.45, 7) is 1.74. The van der Waals surface area contributed by atoms with Gasteiger partial charge in [0.25, 0.3) is 0 Å². The topological polar surface area (TPSA) is 95.9 Å². The molecule has 8 nitrogen and oxygen atoms in total. The Labute approximate surface area is 154 Å². The number of hydrogen-bond donors (Lipinski definition) is 0. The Balaban J connectivity index is 1.76. The predicted molar refractivity (Wildman–Crippen MR) is 95.6 cm³/mol. The summed E-state index contributed by atoms with van der Waals surface area (Å²) in [4.78, 5) is 19.9. The standard InChI is InChI=1S/C19H15N5O3/c1-13(25)27-18-6-3-2-5-14(18)12-24-17(15-7-10-26-23-15)11-16(22-24)19-20-8-4-9-21-19/h2-11H,12H2,1H3. The number of hydrogen-bond acceptors (Lipinski definition) is 7. The molecule has 0 amide bonds. The van der Waals surface area contributed by atoms with E-state index in [-0.39, 0.29) is 5.97 Å². The molecule has 3 aromatic heterocycles. The molecule has 0 N–H and O–H groups in total. The lowest BCUT2D eigenvalue weighted by Gasteiger charge is -2.10. The van der Waals surface area contributed by atoms with Gasteiger partial charge in [0.1, 0.15) is 23.4 Å². The molecule has 0 aliphatic carbocycles. The van der Waals surface area contributed by atoms with Crippen molar-refractivity contribution >= 4 is 5.97 Å². The number of benzene rings is 1. The van der Waals surface area contributed by atoms with E-state index < -0.39 is 0 Å². The third-order valence-corrected chi connectivity index (χ3v) is 3.82. The zero-order valence-electron chi connectivity index (χ0n) is 14.4. The van der Waals surface area contributed by atoms with Gasteiger partial charge in [-0.05, 0) is 18.2 Å². The van der Waals surface area contributed by atoms with Gasteiger partial charge >= 0.3 is 5.97 Å². The summed E-state index contributed by atoms with van der Waals surface area (Å²) in [7, 11) is 0. The van der Waals surface area contributed by atoms with Gasteiger partial charge in [0, 0.05) is 30.9 Å². The highest BCUT2D eigenvalue weighted by Crippen LogP contribution is 2.26. The molecule has 1 aromatic carbocycles. The van der Waals surface area contributed by atoms with Gasteiger partial charge in [-0.15, -0.1) is 0 Å². The van der Waals surface area contributed by atoms with Crippen molar-refractivity contribution in [2.75, 3.05) is 0 Å². The average molecular weight is 361 g/mol. The van der Waals surface area contributed by atoms with E-state index >= 15 is 0 Å². The fourth-order valence-electron chi connectivity index (χ4n) is 2.68. The first-order valence-electron chi connectivity index (χ1n) is 8.23. The Morgan fingerprint density at radius 3 is 2.67 bits per heavy atom. The monoisotopic (exact) mass is 361 g/mol. The average Bonchev–Trinajstić information content (AvgIpc) is 3.33. The summed E-state index contributed by atoms with van der Waals surface area (Å²) in [5, 5.41) is 8.63. The molecule has 3 heterocycles. The second-order valence-corrected chi connectivity index (χ2v) is 5.73. The van der Waals surface area contributed by atoms with Crippen LogP contribution in [-0.4, -0.2) is 30.9 Å². The van der Waals surface area contributed by atoms with E-state index in [2.05, 4.69) is 20.2 Å². The summed E-state index contributed by atoms with van der Waals surface area (Å²) in [5.41, 5.74) is 2.79. The van der Waals surface area contributed by atoms with E-state index in [0.29, 0.717) is 29.5 Å². The minimum absolute atomic E-state index is 0.373. The van der Waals surface area contributed by atoms with Crippen molar-refractivity contribution in [1.29, 1.82) is 0 Å². The Bertz CT molecular complexity index is 1060. The Morgan fingerprint density at radius 2 is 1.93 bits per heavy atom. The van der Waals surface area contributed by atoms with Gasteiger partial charge in [-0.25, -0.2) is 9.97 Å². The van der Waals surface area contributed by atoms with E-state index in [1.807, 2.05) is 24.3 Å². The number of carbonyl (C=O) groups excluding carboxylic acids is 1. The van der Waals surface area contributed by atoms with E-state index in [1.54, 1.807) is 35.3 Å². The molecule has 134 valence electrons. The minimum Gasteiger partial charge on any atom is -0.426 e. The lowest BCUT2D eigenvalue weighted by atomic mass is 10.2. The van der Waals surface area contributed by atoms with Gasteiger partial charge in [-0.3, -0.25) is 9.48 Å². The molecule has 8 heteroatoms. The van der Waals surface area contributed by atoms with Crippen LogP contribution in [-0.2, 0) is 11.3 Å². The maximum Gasteiger partial charge on any atom is 0.308 e. The van der Waals surface area contributed by atoms with Crippen LogP contribution in [0.2, 0.25) is 0 Å². The Hall–Kier alpha value is -3.81. The van der Waals surface area contributed by atoms with Gasteiger partial charge < -0.3 is 9.26 Å². The highest BCUT2D eigenvalue weighted by Gasteiger charge is 2.17. The molecular formula is C19H15N5O3. The molecule has 4 rings (SSSR count). The first-order valence-corrected chi connectivity index (χ1v) is 8.23. The molecule has 0 aliphatic rings. The smallest absolute Gasteiger partial charge is 0.308 e. The molecule has 0 spiro atoms. The number of esters is 1. The van der Waals surface area contributed by atoms with Gasteiger partial charge in [-0.1, -0.05) is 23.4 Å². The quantitative estimate of drug-likeness (QED) is 0.398. The fourth-order valence-corrected chi connectivity index (χ4v) is 2.68. The van der Waals surface area contributed by atoms with Crippen molar-refractivity contribution in [3.63, 3.8) is 0 Å². The largest absolute Gasteiger partial charge is 0.426 e. The van der Waals surface area contributed by atoms with Gasteiger partial charge in [0.15, 0.2) is 5.82 Å². The maximum absolute atomic E-state index is 11.4. The van der Waals surface area contributed by atoms with Crippen LogP contribution in [0.15, 0.2) is 65.6 Å². The highest BCUT2D eigenvalue weighted by atomic mass is 16.5. The van der Waals surface area contributed by atoms with Crippen LogP contribution in [0, 0.1) is 0 Å². The molecule has 0 atom stereocenters. The highest BCUT2D eigenvalue weighted by molar-refractivity contribution is 5.70. The third kappa shape index (κ3) is 3.59. The van der Waals surface area contributed by atoms with Crippen LogP contribution in [0.3, 0.4) is 0 Å². The molecule has 0 bridgehead atoms. The van der Waals surface area contributed by atoms with Gasteiger partial charge in [-0.2, -0.15) is 5.10 Å². The lowest BCUT2D eigenvalue weighted by molar-refractivity contribution is -0.131. The van der Waals surface area contributed by atoms with Crippen LogP contribution in [0.25, 0.3) is 22.9 Å². The van der Waals surface area contributed by atoms with Crippen LogP contribution >= 0.6 is 0 Å². The van der Waals surface area contributed by atoms with E-state index in [4.69, 9.17) is 9.26 Å². The van der Waals surface area contributed by atoms with Crippen molar-refractivity contribution in [3.05, 3.63) is 66.7 Å². The maximum atomic E-state index is 11.4. The van der Waals surface area contributed by atoms with Crippen molar-refractivity contribution < 1.29 is 14.1 Å². The normalized spacial score (nSPS) is 10.7. The first-order chi connectivity index (χ1) is 13.2. The fraction of sp³-hybridized carbons (Fsp3) is 0.105.